The summed E-state index contributed by atoms with van der Waals surface area (Å²) in [4.78, 5) is 22.9. The molecule has 32 heavy (non-hydrogen) atoms. The molecule has 168 valence electrons. The summed E-state index contributed by atoms with van der Waals surface area (Å²) in [6, 6.07) is 10.2. The SMILES string of the molecule is CCOC(=O)c1cc2cc(C)cc(Br)c2o1.CCOC(=O)c1cc2cc(O)cc(Br)c2o1. The summed E-state index contributed by atoms with van der Waals surface area (Å²) < 4.78 is 21.9. The maximum Gasteiger partial charge on any atom is 0.374 e. The van der Waals surface area contributed by atoms with E-state index in [4.69, 9.17) is 18.3 Å². The Balaban J connectivity index is 0.000000181. The number of rotatable bonds is 4. The van der Waals surface area contributed by atoms with E-state index >= 15 is 0 Å². The van der Waals surface area contributed by atoms with Crippen molar-refractivity contribution in [2.75, 3.05) is 13.2 Å². The summed E-state index contributed by atoms with van der Waals surface area (Å²) >= 11 is 6.65. The summed E-state index contributed by atoms with van der Waals surface area (Å²) in [5.41, 5.74) is 2.30. The second-order valence-electron chi connectivity index (χ2n) is 6.67. The lowest BCUT2D eigenvalue weighted by molar-refractivity contribution is 0.0484. The molecule has 0 radical (unpaired) electrons. The molecule has 0 spiro atoms. The molecule has 4 rings (SSSR count). The molecular weight excluding hydrogens is 548 g/mol. The zero-order chi connectivity index (χ0) is 23.4. The van der Waals surface area contributed by atoms with Gasteiger partial charge in [-0.2, -0.15) is 0 Å². The summed E-state index contributed by atoms with van der Waals surface area (Å²) in [7, 11) is 0. The minimum absolute atomic E-state index is 0.107. The minimum atomic E-state index is -0.509. The normalized spacial score (nSPS) is 10.7. The molecule has 2 aromatic carbocycles. The Morgan fingerprint density at radius 3 is 1.78 bits per heavy atom. The van der Waals surface area contributed by atoms with Gasteiger partial charge in [0.2, 0.25) is 11.5 Å². The number of hydrogen-bond acceptors (Lipinski definition) is 7. The second-order valence-corrected chi connectivity index (χ2v) is 8.38. The van der Waals surface area contributed by atoms with E-state index in [1.807, 2.05) is 19.1 Å². The number of fused-ring (bicyclic) bond motifs is 2. The van der Waals surface area contributed by atoms with Crippen LogP contribution in [0.5, 0.6) is 5.75 Å². The molecule has 0 saturated heterocycles. The van der Waals surface area contributed by atoms with Gasteiger partial charge in [0, 0.05) is 10.8 Å². The van der Waals surface area contributed by atoms with E-state index in [-0.39, 0.29) is 17.3 Å². The van der Waals surface area contributed by atoms with Gasteiger partial charge in [0.05, 0.1) is 22.2 Å². The smallest absolute Gasteiger partial charge is 0.374 e. The molecule has 0 saturated carbocycles. The average molecular weight is 568 g/mol. The number of hydrogen-bond donors (Lipinski definition) is 1. The highest BCUT2D eigenvalue weighted by Gasteiger charge is 2.16. The van der Waals surface area contributed by atoms with E-state index in [1.165, 1.54) is 18.2 Å². The molecule has 0 bridgehead atoms. The van der Waals surface area contributed by atoms with Gasteiger partial charge in [-0.15, -0.1) is 0 Å². The molecular formula is C23H20Br2O7. The van der Waals surface area contributed by atoms with Crippen LogP contribution in [0.25, 0.3) is 21.9 Å². The van der Waals surface area contributed by atoms with Crippen LogP contribution in [0.15, 0.2) is 54.2 Å². The van der Waals surface area contributed by atoms with Crippen LogP contribution < -0.4 is 0 Å². The van der Waals surface area contributed by atoms with Crippen molar-refractivity contribution in [2.45, 2.75) is 20.8 Å². The zero-order valence-electron chi connectivity index (χ0n) is 17.5. The Hall–Kier alpha value is -2.78. The third-order valence-electron chi connectivity index (χ3n) is 4.22. The van der Waals surface area contributed by atoms with Gasteiger partial charge in [0.1, 0.15) is 16.9 Å². The molecule has 4 aromatic rings. The minimum Gasteiger partial charge on any atom is -0.508 e. The molecule has 9 heteroatoms. The first kappa shape index (κ1) is 23.9. The quantitative estimate of drug-likeness (QED) is 0.272. The molecule has 0 aliphatic heterocycles. The largest absolute Gasteiger partial charge is 0.508 e. The van der Waals surface area contributed by atoms with E-state index in [1.54, 1.807) is 19.9 Å². The Morgan fingerprint density at radius 1 is 0.812 bits per heavy atom. The first-order valence-electron chi connectivity index (χ1n) is 9.69. The highest BCUT2D eigenvalue weighted by atomic mass is 79.9. The number of esters is 2. The fraction of sp³-hybridized carbons (Fsp3) is 0.217. The molecule has 1 N–H and O–H groups in total. The summed E-state index contributed by atoms with van der Waals surface area (Å²) in [5.74, 6) is -0.463. The molecule has 0 fully saturated rings. The number of phenols is 1. The molecule has 0 aliphatic carbocycles. The summed E-state index contributed by atoms with van der Waals surface area (Å²) in [6.07, 6.45) is 0. The maximum absolute atomic E-state index is 11.5. The number of ether oxygens (including phenoxy) is 2. The van der Waals surface area contributed by atoms with Crippen molar-refractivity contribution >= 4 is 65.7 Å². The van der Waals surface area contributed by atoms with E-state index < -0.39 is 11.9 Å². The Kier molecular flexibility index (Phi) is 7.63. The van der Waals surface area contributed by atoms with Gasteiger partial charge in [-0.3, -0.25) is 0 Å². The standard InChI is InChI=1S/C12H11BrO3.C11H9BrO4/c1-3-15-12(14)10-6-8-4-7(2)5-9(13)11(8)16-10;1-2-15-11(14)9-4-6-3-7(13)5-8(12)10(6)16-9/h4-6H,3H2,1-2H3;3-5,13H,2H2,1H3. The second kappa shape index (κ2) is 10.2. The first-order chi connectivity index (χ1) is 15.2. The van der Waals surface area contributed by atoms with Crippen LogP contribution in [-0.4, -0.2) is 30.3 Å². The Morgan fingerprint density at radius 2 is 1.28 bits per heavy atom. The lowest BCUT2D eigenvalue weighted by Gasteiger charge is -1.96. The van der Waals surface area contributed by atoms with Gasteiger partial charge in [-0.05, 0) is 94.6 Å². The monoisotopic (exact) mass is 566 g/mol. The van der Waals surface area contributed by atoms with Crippen molar-refractivity contribution in [3.8, 4) is 5.75 Å². The van der Waals surface area contributed by atoms with Gasteiger partial charge >= 0.3 is 11.9 Å². The number of halogens is 2. The van der Waals surface area contributed by atoms with Crippen LogP contribution in [-0.2, 0) is 9.47 Å². The van der Waals surface area contributed by atoms with E-state index in [0.29, 0.717) is 34.2 Å². The van der Waals surface area contributed by atoms with Crippen molar-refractivity contribution < 1.29 is 33.0 Å². The van der Waals surface area contributed by atoms with Crippen molar-refractivity contribution in [2.24, 2.45) is 0 Å². The molecule has 0 amide bonds. The summed E-state index contributed by atoms with van der Waals surface area (Å²) in [6.45, 7) is 6.11. The van der Waals surface area contributed by atoms with E-state index in [0.717, 1.165) is 15.4 Å². The first-order valence-corrected chi connectivity index (χ1v) is 11.3. The maximum atomic E-state index is 11.5. The van der Waals surface area contributed by atoms with Crippen LogP contribution in [0.4, 0.5) is 0 Å². The Bertz CT molecular complexity index is 1190. The van der Waals surface area contributed by atoms with Crippen molar-refractivity contribution in [3.05, 3.63) is 62.4 Å². The van der Waals surface area contributed by atoms with Crippen LogP contribution >= 0.6 is 31.9 Å². The van der Waals surface area contributed by atoms with Crippen LogP contribution in [0.1, 0.15) is 40.5 Å². The van der Waals surface area contributed by atoms with Crippen LogP contribution in [0.3, 0.4) is 0 Å². The van der Waals surface area contributed by atoms with Crippen molar-refractivity contribution in [1.82, 2.24) is 0 Å². The van der Waals surface area contributed by atoms with Crippen molar-refractivity contribution in [3.63, 3.8) is 0 Å². The Labute approximate surface area is 200 Å². The van der Waals surface area contributed by atoms with Gasteiger partial charge in [-0.1, -0.05) is 0 Å². The van der Waals surface area contributed by atoms with Gasteiger partial charge in [-0.25, -0.2) is 9.59 Å². The number of carbonyl (C=O) groups excluding carboxylic acids is 2. The van der Waals surface area contributed by atoms with Gasteiger partial charge < -0.3 is 23.4 Å². The molecule has 2 aromatic heterocycles. The van der Waals surface area contributed by atoms with Crippen LogP contribution in [0, 0.1) is 6.92 Å². The van der Waals surface area contributed by atoms with Gasteiger partial charge in [0.15, 0.2) is 0 Å². The third-order valence-corrected chi connectivity index (χ3v) is 5.40. The number of benzene rings is 2. The van der Waals surface area contributed by atoms with Gasteiger partial charge in [0.25, 0.3) is 0 Å². The fourth-order valence-corrected chi connectivity index (χ4v) is 4.17. The number of furan rings is 2. The lowest BCUT2D eigenvalue weighted by Crippen LogP contribution is -2.02. The summed E-state index contributed by atoms with van der Waals surface area (Å²) in [5, 5.41) is 10.9. The molecule has 0 atom stereocenters. The molecule has 2 heterocycles. The fourth-order valence-electron chi connectivity index (χ4n) is 2.95. The lowest BCUT2D eigenvalue weighted by atomic mass is 10.2. The predicted molar refractivity (Wildman–Crippen MR) is 126 cm³/mol. The van der Waals surface area contributed by atoms with E-state index in [2.05, 4.69) is 31.9 Å². The predicted octanol–water partition coefficient (Wildman–Crippen LogP) is 6.76. The third kappa shape index (κ3) is 5.34. The van der Waals surface area contributed by atoms with E-state index in [9.17, 15) is 14.7 Å². The highest BCUT2D eigenvalue weighted by Crippen LogP contribution is 2.31. The highest BCUT2D eigenvalue weighted by molar-refractivity contribution is 9.11. The average Bonchev–Trinajstić information content (AvgIpc) is 3.33. The number of phenolic OH excluding ortho intramolecular Hbond substituents is 1. The number of aryl methyl sites for hydroxylation is 1. The molecule has 0 aliphatic rings. The van der Waals surface area contributed by atoms with Crippen molar-refractivity contribution in [1.29, 1.82) is 0 Å². The molecule has 7 nitrogen and oxygen atoms in total. The topological polar surface area (TPSA) is 99.1 Å². The molecule has 0 unspecified atom stereocenters. The zero-order valence-corrected chi connectivity index (χ0v) is 20.7. The van der Waals surface area contributed by atoms with Crippen LogP contribution in [0.2, 0.25) is 0 Å². The number of carbonyl (C=O) groups is 2. The number of aromatic hydroxyl groups is 1.